The number of hydrogen-bond acceptors (Lipinski definition) is 4. The van der Waals surface area contributed by atoms with Crippen molar-refractivity contribution in [3.8, 4) is 0 Å². The summed E-state index contributed by atoms with van der Waals surface area (Å²) in [5.74, 6) is -0.0604. The molecule has 3 rings (SSSR count). The van der Waals surface area contributed by atoms with Crippen molar-refractivity contribution in [1.82, 2.24) is 10.2 Å². The summed E-state index contributed by atoms with van der Waals surface area (Å²) >= 11 is 1.41. The molecule has 2 fully saturated rings. The van der Waals surface area contributed by atoms with E-state index in [0.29, 0.717) is 30.8 Å². The molecule has 1 aromatic carbocycles. The van der Waals surface area contributed by atoms with Gasteiger partial charge in [-0.3, -0.25) is 9.59 Å². The van der Waals surface area contributed by atoms with Crippen LogP contribution in [0.4, 0.5) is 4.39 Å². The molecule has 2 unspecified atom stereocenters. The van der Waals surface area contributed by atoms with Crippen LogP contribution >= 0.6 is 24.2 Å². The molecule has 2 saturated heterocycles. The third kappa shape index (κ3) is 4.20. The van der Waals surface area contributed by atoms with Crippen LogP contribution in [0.25, 0.3) is 0 Å². The number of amides is 2. The monoisotopic (exact) mass is 373 g/mol. The lowest BCUT2D eigenvalue weighted by atomic mass is 10.1. The lowest BCUT2D eigenvalue weighted by molar-refractivity contribution is -0.135. The maximum atomic E-state index is 13.7. The zero-order valence-electron chi connectivity index (χ0n) is 13.1. The highest BCUT2D eigenvalue weighted by atomic mass is 35.5. The maximum Gasteiger partial charge on any atom is 0.246 e. The van der Waals surface area contributed by atoms with Crippen molar-refractivity contribution in [2.24, 2.45) is 5.73 Å². The first-order valence-electron chi connectivity index (χ1n) is 7.74. The fraction of sp³-hybridized carbons (Fsp3) is 0.500. The van der Waals surface area contributed by atoms with Crippen LogP contribution in [0.5, 0.6) is 0 Å². The van der Waals surface area contributed by atoms with Gasteiger partial charge in [-0.2, -0.15) is 0 Å². The fourth-order valence-corrected chi connectivity index (χ4v) is 4.12. The van der Waals surface area contributed by atoms with E-state index in [4.69, 9.17) is 5.73 Å². The van der Waals surface area contributed by atoms with Gasteiger partial charge >= 0.3 is 0 Å². The van der Waals surface area contributed by atoms with Gasteiger partial charge in [0.25, 0.3) is 0 Å². The SMILES string of the molecule is Cl.N[C@@H]1CCN(C(=O)C2CSC(Cc3ccccc3F)C(=O)N2)C1. The Hall–Kier alpha value is -1.31. The van der Waals surface area contributed by atoms with Gasteiger partial charge in [0.15, 0.2) is 0 Å². The molecule has 0 saturated carbocycles. The van der Waals surface area contributed by atoms with E-state index in [1.807, 2.05) is 0 Å². The van der Waals surface area contributed by atoms with Crippen LogP contribution in [0.1, 0.15) is 12.0 Å². The average Bonchev–Trinajstić information content (AvgIpc) is 2.97. The second kappa shape index (κ2) is 8.18. The first-order valence-corrected chi connectivity index (χ1v) is 8.79. The van der Waals surface area contributed by atoms with Crippen molar-refractivity contribution < 1.29 is 14.0 Å². The normalized spacial score (nSPS) is 26.7. The molecule has 8 heteroatoms. The summed E-state index contributed by atoms with van der Waals surface area (Å²) < 4.78 is 13.7. The van der Waals surface area contributed by atoms with Crippen molar-refractivity contribution in [1.29, 1.82) is 0 Å². The Kier molecular flexibility index (Phi) is 6.48. The summed E-state index contributed by atoms with van der Waals surface area (Å²) in [6.45, 7) is 1.20. The molecule has 3 atom stereocenters. The van der Waals surface area contributed by atoms with Gasteiger partial charge in [-0.1, -0.05) is 18.2 Å². The van der Waals surface area contributed by atoms with E-state index >= 15 is 0 Å². The zero-order chi connectivity index (χ0) is 16.4. The van der Waals surface area contributed by atoms with Crippen LogP contribution in [0.2, 0.25) is 0 Å². The van der Waals surface area contributed by atoms with Gasteiger partial charge in [-0.05, 0) is 24.5 Å². The van der Waals surface area contributed by atoms with E-state index in [1.165, 1.54) is 17.8 Å². The van der Waals surface area contributed by atoms with E-state index in [-0.39, 0.29) is 41.3 Å². The second-order valence-electron chi connectivity index (χ2n) is 6.01. The quantitative estimate of drug-likeness (QED) is 0.827. The van der Waals surface area contributed by atoms with Crippen molar-refractivity contribution >= 4 is 36.0 Å². The summed E-state index contributed by atoms with van der Waals surface area (Å²) in [4.78, 5) is 26.4. The van der Waals surface area contributed by atoms with Crippen LogP contribution in [-0.2, 0) is 16.0 Å². The van der Waals surface area contributed by atoms with Gasteiger partial charge in [0.1, 0.15) is 11.9 Å². The summed E-state index contributed by atoms with van der Waals surface area (Å²) in [6, 6.07) is 5.99. The highest BCUT2D eigenvalue weighted by Gasteiger charge is 2.36. The lowest BCUT2D eigenvalue weighted by Crippen LogP contribution is -2.55. The maximum absolute atomic E-state index is 13.7. The number of carbonyl (C=O) groups excluding carboxylic acids is 2. The molecule has 0 bridgehead atoms. The molecule has 0 spiro atoms. The molecule has 0 aromatic heterocycles. The summed E-state index contributed by atoms with van der Waals surface area (Å²) in [5.41, 5.74) is 6.34. The summed E-state index contributed by atoms with van der Waals surface area (Å²) in [5, 5.41) is 2.42. The fourth-order valence-electron chi connectivity index (χ4n) is 2.95. The number of rotatable bonds is 3. The molecule has 132 valence electrons. The molecule has 2 amide bonds. The van der Waals surface area contributed by atoms with Crippen molar-refractivity contribution in [3.63, 3.8) is 0 Å². The Morgan fingerprint density at radius 3 is 2.79 bits per heavy atom. The molecular weight excluding hydrogens is 353 g/mol. The molecule has 24 heavy (non-hydrogen) atoms. The third-order valence-corrected chi connectivity index (χ3v) is 5.58. The number of halogens is 2. The topological polar surface area (TPSA) is 75.4 Å². The van der Waals surface area contributed by atoms with E-state index in [0.717, 1.165) is 6.42 Å². The highest BCUT2D eigenvalue weighted by molar-refractivity contribution is 8.00. The molecule has 2 aliphatic rings. The van der Waals surface area contributed by atoms with Gasteiger partial charge in [-0.25, -0.2) is 4.39 Å². The molecular formula is C16H21ClFN3O2S. The molecule has 2 heterocycles. The number of nitrogens with zero attached hydrogens (tertiary/aromatic N) is 1. The van der Waals surface area contributed by atoms with Gasteiger partial charge in [0.05, 0.1) is 5.25 Å². The Balaban J connectivity index is 0.00000208. The Labute approximate surface area is 150 Å². The molecule has 0 radical (unpaired) electrons. The predicted molar refractivity (Wildman–Crippen MR) is 94.7 cm³/mol. The van der Waals surface area contributed by atoms with Crippen LogP contribution in [-0.4, -0.2) is 52.9 Å². The van der Waals surface area contributed by atoms with Crippen LogP contribution in [0, 0.1) is 5.82 Å². The van der Waals surface area contributed by atoms with E-state index < -0.39 is 6.04 Å². The van der Waals surface area contributed by atoms with Crippen LogP contribution < -0.4 is 11.1 Å². The van der Waals surface area contributed by atoms with Gasteiger partial charge in [-0.15, -0.1) is 24.2 Å². The largest absolute Gasteiger partial charge is 0.343 e. The van der Waals surface area contributed by atoms with Gasteiger partial charge in [0.2, 0.25) is 11.8 Å². The molecule has 3 N–H and O–H groups in total. The average molecular weight is 374 g/mol. The zero-order valence-corrected chi connectivity index (χ0v) is 14.7. The Morgan fingerprint density at radius 2 is 2.17 bits per heavy atom. The van der Waals surface area contributed by atoms with Crippen LogP contribution in [0.15, 0.2) is 24.3 Å². The van der Waals surface area contributed by atoms with E-state index in [1.54, 1.807) is 23.1 Å². The third-order valence-electron chi connectivity index (χ3n) is 4.27. The minimum atomic E-state index is -0.505. The summed E-state index contributed by atoms with van der Waals surface area (Å²) in [6.07, 6.45) is 1.13. The minimum Gasteiger partial charge on any atom is -0.343 e. The standard InChI is InChI=1S/C16H20FN3O2S.ClH/c17-12-4-2-1-3-10(12)7-14-15(21)19-13(9-23-14)16(22)20-6-5-11(18)8-20;/h1-4,11,13-14H,5-9,18H2,(H,19,21);1H/t11-,13?,14?;/m1./s1. The van der Waals surface area contributed by atoms with Gasteiger partial charge in [0, 0.05) is 24.9 Å². The van der Waals surface area contributed by atoms with Crippen LogP contribution in [0.3, 0.4) is 0 Å². The van der Waals surface area contributed by atoms with Crippen molar-refractivity contribution in [2.45, 2.75) is 30.2 Å². The van der Waals surface area contributed by atoms with Crippen molar-refractivity contribution in [3.05, 3.63) is 35.6 Å². The number of likely N-dealkylation sites (tertiary alicyclic amines) is 1. The smallest absolute Gasteiger partial charge is 0.246 e. The van der Waals surface area contributed by atoms with E-state index in [9.17, 15) is 14.0 Å². The molecule has 1 aromatic rings. The number of nitrogens with two attached hydrogens (primary N) is 1. The summed E-state index contributed by atoms with van der Waals surface area (Å²) in [7, 11) is 0. The highest BCUT2D eigenvalue weighted by Crippen LogP contribution is 2.24. The Bertz CT molecular complexity index is 619. The molecule has 0 aliphatic carbocycles. The number of hydrogen-bond donors (Lipinski definition) is 2. The number of benzene rings is 1. The molecule has 5 nitrogen and oxygen atoms in total. The van der Waals surface area contributed by atoms with E-state index in [2.05, 4.69) is 5.32 Å². The second-order valence-corrected chi connectivity index (χ2v) is 7.25. The number of nitrogens with one attached hydrogen (secondary N) is 1. The number of carbonyl (C=O) groups is 2. The number of thioether (sulfide) groups is 1. The van der Waals surface area contributed by atoms with Crippen molar-refractivity contribution in [2.75, 3.05) is 18.8 Å². The van der Waals surface area contributed by atoms with Gasteiger partial charge < -0.3 is 16.0 Å². The first-order chi connectivity index (χ1) is 11.0. The minimum absolute atomic E-state index is 0. The first kappa shape index (κ1) is 19.0. The predicted octanol–water partition coefficient (Wildman–Crippen LogP) is 0.950. The lowest BCUT2D eigenvalue weighted by Gasteiger charge is -2.30. The Morgan fingerprint density at radius 1 is 1.42 bits per heavy atom. The molecule has 2 aliphatic heterocycles.